The van der Waals surface area contributed by atoms with Crippen LogP contribution in [0.1, 0.15) is 51.4 Å². The number of nitrogens with two attached hydrogens (primary N) is 1. The summed E-state index contributed by atoms with van der Waals surface area (Å²) in [6.45, 7) is 0.774. The van der Waals surface area contributed by atoms with E-state index in [9.17, 15) is 14.4 Å². The lowest BCUT2D eigenvalue weighted by molar-refractivity contribution is -0.126. The molecule has 0 amide bonds. The van der Waals surface area contributed by atoms with Gasteiger partial charge in [0.2, 0.25) is 0 Å². The largest absolute Gasteiger partial charge is 0.330 e. The lowest BCUT2D eigenvalue weighted by Crippen LogP contribution is -2.08. The first kappa shape index (κ1) is 18.3. The van der Waals surface area contributed by atoms with Crippen LogP contribution >= 0.6 is 0 Å². The van der Waals surface area contributed by atoms with E-state index in [1.807, 2.05) is 0 Å². The molecule has 0 heterocycles. The smallest absolute Gasteiger partial charge is 0.133 e. The molecule has 0 aliphatic carbocycles. The maximum atomic E-state index is 11.5. The summed E-state index contributed by atoms with van der Waals surface area (Å²) >= 11 is 0. The standard InChI is InChI=1S/C13H22N4O3/c14-9-1-3-11(18)5-7-13(20)8-6-12(19)4-2-10-16-17-15/h1-10,14H2. The van der Waals surface area contributed by atoms with Crippen LogP contribution in [0.2, 0.25) is 0 Å². The molecule has 0 unspecified atom stereocenters. The average Bonchev–Trinajstić information content (AvgIpc) is 2.45. The lowest BCUT2D eigenvalue weighted by Gasteiger charge is -2.01. The predicted molar refractivity (Wildman–Crippen MR) is 75.0 cm³/mol. The van der Waals surface area contributed by atoms with Gasteiger partial charge in [0.15, 0.2) is 0 Å². The number of azide groups is 1. The van der Waals surface area contributed by atoms with Gasteiger partial charge in [0.1, 0.15) is 17.3 Å². The summed E-state index contributed by atoms with van der Waals surface area (Å²) in [5, 5.41) is 3.33. The Morgan fingerprint density at radius 3 is 1.75 bits per heavy atom. The quantitative estimate of drug-likeness (QED) is 0.240. The van der Waals surface area contributed by atoms with E-state index in [4.69, 9.17) is 11.3 Å². The van der Waals surface area contributed by atoms with Crippen LogP contribution in [0.25, 0.3) is 10.4 Å². The number of hydrogen-bond acceptors (Lipinski definition) is 5. The summed E-state index contributed by atoms with van der Waals surface area (Å²) in [5.74, 6) is -0.0278. The average molecular weight is 282 g/mol. The fourth-order valence-corrected chi connectivity index (χ4v) is 1.62. The van der Waals surface area contributed by atoms with E-state index in [-0.39, 0.29) is 43.0 Å². The summed E-state index contributed by atoms with van der Waals surface area (Å²) in [7, 11) is 0. The van der Waals surface area contributed by atoms with E-state index in [2.05, 4.69) is 10.0 Å². The van der Waals surface area contributed by atoms with Crippen molar-refractivity contribution < 1.29 is 14.4 Å². The Labute approximate surface area is 118 Å². The monoisotopic (exact) mass is 282 g/mol. The Bertz CT molecular complexity index is 376. The molecule has 0 aromatic heterocycles. The highest BCUT2D eigenvalue weighted by Crippen LogP contribution is 2.05. The number of rotatable bonds is 13. The van der Waals surface area contributed by atoms with Crippen molar-refractivity contribution in [3.8, 4) is 0 Å². The molecule has 0 atom stereocenters. The number of Topliss-reactive ketones (excluding diaryl/α,β-unsaturated/α-hetero) is 3. The minimum Gasteiger partial charge on any atom is -0.330 e. The van der Waals surface area contributed by atoms with E-state index in [1.165, 1.54) is 0 Å². The molecule has 0 bridgehead atoms. The highest BCUT2D eigenvalue weighted by molar-refractivity contribution is 5.89. The van der Waals surface area contributed by atoms with Crippen molar-refractivity contribution in [1.82, 2.24) is 0 Å². The first-order valence-corrected chi connectivity index (χ1v) is 6.86. The van der Waals surface area contributed by atoms with Crippen molar-refractivity contribution in [3.05, 3.63) is 10.4 Å². The van der Waals surface area contributed by atoms with Crippen LogP contribution in [0.3, 0.4) is 0 Å². The van der Waals surface area contributed by atoms with E-state index >= 15 is 0 Å². The molecule has 112 valence electrons. The zero-order chi connectivity index (χ0) is 15.2. The zero-order valence-corrected chi connectivity index (χ0v) is 11.7. The second-order valence-electron chi connectivity index (χ2n) is 4.57. The highest BCUT2D eigenvalue weighted by Gasteiger charge is 2.09. The molecule has 20 heavy (non-hydrogen) atoms. The van der Waals surface area contributed by atoms with Crippen LogP contribution in [0.5, 0.6) is 0 Å². The van der Waals surface area contributed by atoms with Crippen LogP contribution < -0.4 is 5.73 Å². The number of hydrogen-bond donors (Lipinski definition) is 1. The molecular formula is C13H22N4O3. The summed E-state index contributed by atoms with van der Waals surface area (Å²) in [5.41, 5.74) is 13.3. The van der Waals surface area contributed by atoms with Crippen molar-refractivity contribution >= 4 is 17.3 Å². The van der Waals surface area contributed by atoms with Gasteiger partial charge in [-0.25, -0.2) is 0 Å². The zero-order valence-electron chi connectivity index (χ0n) is 11.7. The molecule has 0 rings (SSSR count). The number of ketones is 3. The van der Waals surface area contributed by atoms with Gasteiger partial charge in [0.25, 0.3) is 0 Å². The van der Waals surface area contributed by atoms with Crippen LogP contribution in [-0.2, 0) is 14.4 Å². The van der Waals surface area contributed by atoms with Crippen LogP contribution in [0, 0.1) is 0 Å². The molecule has 0 spiro atoms. The van der Waals surface area contributed by atoms with E-state index in [1.54, 1.807) is 0 Å². The van der Waals surface area contributed by atoms with Gasteiger partial charge in [-0.15, -0.1) is 0 Å². The van der Waals surface area contributed by atoms with Gasteiger partial charge in [-0.3, -0.25) is 14.4 Å². The molecule has 7 nitrogen and oxygen atoms in total. The van der Waals surface area contributed by atoms with Crippen LogP contribution in [0.4, 0.5) is 0 Å². The number of nitrogens with zero attached hydrogens (tertiary/aromatic N) is 3. The molecule has 0 radical (unpaired) electrons. The minimum atomic E-state index is -0.0607. The molecule has 0 aromatic carbocycles. The van der Waals surface area contributed by atoms with E-state index < -0.39 is 0 Å². The molecule has 0 aromatic rings. The fraction of sp³-hybridized carbons (Fsp3) is 0.769. The van der Waals surface area contributed by atoms with E-state index in [0.717, 1.165) is 0 Å². The van der Waals surface area contributed by atoms with Gasteiger partial charge in [-0.2, -0.15) is 0 Å². The predicted octanol–water partition coefficient (Wildman–Crippen LogP) is 2.08. The molecule has 0 aliphatic heterocycles. The van der Waals surface area contributed by atoms with Gasteiger partial charge in [-0.1, -0.05) is 5.11 Å². The third-order valence-corrected chi connectivity index (χ3v) is 2.80. The molecular weight excluding hydrogens is 260 g/mol. The van der Waals surface area contributed by atoms with Crippen molar-refractivity contribution in [3.63, 3.8) is 0 Å². The summed E-state index contributed by atoms with van der Waals surface area (Å²) in [6.07, 6.45) is 2.73. The Morgan fingerprint density at radius 1 is 0.850 bits per heavy atom. The van der Waals surface area contributed by atoms with Crippen LogP contribution in [-0.4, -0.2) is 30.4 Å². The van der Waals surface area contributed by atoms with Crippen molar-refractivity contribution in [2.45, 2.75) is 51.4 Å². The summed E-state index contributed by atoms with van der Waals surface area (Å²) in [4.78, 5) is 36.9. The highest BCUT2D eigenvalue weighted by atomic mass is 16.1. The number of carbonyl (C=O) groups is 3. The first-order valence-electron chi connectivity index (χ1n) is 6.86. The molecule has 7 heteroatoms. The second kappa shape index (κ2) is 12.3. The maximum absolute atomic E-state index is 11.5. The van der Waals surface area contributed by atoms with Gasteiger partial charge in [0.05, 0.1) is 0 Å². The van der Waals surface area contributed by atoms with Gasteiger partial charge in [-0.05, 0) is 24.9 Å². The molecule has 0 saturated carbocycles. The molecule has 0 aliphatic rings. The van der Waals surface area contributed by atoms with Gasteiger partial charge in [0, 0.05) is 50.0 Å². The Kier molecular flexibility index (Phi) is 11.3. The Hall–Kier alpha value is -1.72. The van der Waals surface area contributed by atoms with E-state index in [0.29, 0.717) is 38.8 Å². The van der Waals surface area contributed by atoms with Crippen molar-refractivity contribution in [2.24, 2.45) is 10.8 Å². The first-order chi connectivity index (χ1) is 9.60. The van der Waals surface area contributed by atoms with Crippen LogP contribution in [0.15, 0.2) is 5.11 Å². The third-order valence-electron chi connectivity index (χ3n) is 2.80. The van der Waals surface area contributed by atoms with Gasteiger partial charge < -0.3 is 5.73 Å². The Morgan fingerprint density at radius 2 is 1.30 bits per heavy atom. The normalized spacial score (nSPS) is 9.85. The number of carbonyl (C=O) groups excluding carboxylic acids is 3. The van der Waals surface area contributed by atoms with Gasteiger partial charge >= 0.3 is 0 Å². The fourth-order valence-electron chi connectivity index (χ4n) is 1.62. The third kappa shape index (κ3) is 11.4. The lowest BCUT2D eigenvalue weighted by atomic mass is 10.0. The minimum absolute atomic E-state index is 0.0130. The summed E-state index contributed by atoms with van der Waals surface area (Å²) in [6, 6.07) is 0. The maximum Gasteiger partial charge on any atom is 0.133 e. The second-order valence-corrected chi connectivity index (χ2v) is 4.57. The molecule has 0 saturated heterocycles. The van der Waals surface area contributed by atoms with Crippen molar-refractivity contribution in [1.29, 1.82) is 0 Å². The topological polar surface area (TPSA) is 126 Å². The molecule has 0 fully saturated rings. The summed E-state index contributed by atoms with van der Waals surface area (Å²) < 4.78 is 0. The molecule has 2 N–H and O–H groups in total. The van der Waals surface area contributed by atoms with Crippen molar-refractivity contribution in [2.75, 3.05) is 13.1 Å². The Balaban J connectivity index is 3.63. The SMILES string of the molecule is [N-]=[N+]=NCCCC(=O)CCC(=O)CCC(=O)CCCN.